The van der Waals surface area contributed by atoms with Gasteiger partial charge in [0.2, 0.25) is 0 Å². The van der Waals surface area contributed by atoms with E-state index in [1.807, 2.05) is 19.9 Å². The van der Waals surface area contributed by atoms with Gasteiger partial charge < -0.3 is 24.6 Å². The number of fused-ring (bicyclic) bond motifs is 1. The number of nitrogens with zero attached hydrogens (tertiary/aromatic N) is 3. The lowest BCUT2D eigenvalue weighted by molar-refractivity contribution is -0.0516. The van der Waals surface area contributed by atoms with E-state index in [1.165, 1.54) is 6.33 Å². The highest BCUT2D eigenvalue weighted by Gasteiger charge is 2.44. The first kappa shape index (κ1) is 13.4. The van der Waals surface area contributed by atoms with E-state index in [4.69, 9.17) is 9.84 Å². The molecule has 3 N–H and O–H groups in total. The smallest absolute Gasteiger partial charge is 0.164 e. The summed E-state index contributed by atoms with van der Waals surface area (Å²) in [5.41, 5.74) is 2.33. The largest absolute Gasteiger partial charge is 0.394 e. The number of aromatic nitrogens is 3. The van der Waals surface area contributed by atoms with Gasteiger partial charge in [-0.1, -0.05) is 0 Å². The van der Waals surface area contributed by atoms with E-state index in [-0.39, 0.29) is 6.61 Å². The second-order valence-corrected chi connectivity index (χ2v) is 5.08. The first-order valence-corrected chi connectivity index (χ1v) is 6.46. The zero-order valence-electron chi connectivity index (χ0n) is 11.3. The number of rotatable bonds is 2. The van der Waals surface area contributed by atoms with Crippen LogP contribution >= 0.6 is 0 Å². The predicted molar refractivity (Wildman–Crippen MR) is 70.0 cm³/mol. The molecule has 7 heteroatoms. The summed E-state index contributed by atoms with van der Waals surface area (Å²) in [5.74, 6) is 0. The van der Waals surface area contributed by atoms with Crippen LogP contribution in [0.2, 0.25) is 0 Å². The average molecular weight is 279 g/mol. The lowest BCUT2D eigenvalue weighted by atomic mass is 10.1. The van der Waals surface area contributed by atoms with E-state index in [0.29, 0.717) is 5.65 Å². The van der Waals surface area contributed by atoms with E-state index >= 15 is 0 Å². The summed E-state index contributed by atoms with van der Waals surface area (Å²) in [6, 6.07) is 1.92. The Morgan fingerprint density at radius 2 is 2.00 bits per heavy atom. The lowest BCUT2D eigenvalue weighted by Crippen LogP contribution is -2.33. The fraction of sp³-hybridized carbons (Fsp3) is 0.538. The fourth-order valence-corrected chi connectivity index (χ4v) is 2.69. The predicted octanol–water partition coefficient (Wildman–Crippen LogP) is -0.340. The van der Waals surface area contributed by atoms with Gasteiger partial charge in [0.25, 0.3) is 0 Å². The van der Waals surface area contributed by atoms with Crippen LogP contribution in [0.15, 0.2) is 12.4 Å². The molecule has 0 saturated carbocycles. The van der Waals surface area contributed by atoms with Crippen molar-refractivity contribution in [2.24, 2.45) is 0 Å². The van der Waals surface area contributed by atoms with Crippen LogP contribution in [-0.4, -0.2) is 54.8 Å². The zero-order valence-corrected chi connectivity index (χ0v) is 11.3. The van der Waals surface area contributed by atoms with E-state index < -0.39 is 24.5 Å². The van der Waals surface area contributed by atoms with Crippen LogP contribution in [0.4, 0.5) is 0 Å². The molecule has 2 aromatic rings. The highest BCUT2D eigenvalue weighted by atomic mass is 16.6. The molecular weight excluding hydrogens is 262 g/mol. The summed E-state index contributed by atoms with van der Waals surface area (Å²) >= 11 is 0. The van der Waals surface area contributed by atoms with Crippen molar-refractivity contribution >= 4 is 11.0 Å². The molecule has 1 fully saturated rings. The number of hydrogen-bond acceptors (Lipinski definition) is 6. The molecule has 108 valence electrons. The van der Waals surface area contributed by atoms with Crippen LogP contribution in [0.25, 0.3) is 11.0 Å². The van der Waals surface area contributed by atoms with Gasteiger partial charge in [-0.2, -0.15) is 0 Å². The first-order valence-electron chi connectivity index (χ1n) is 6.46. The average Bonchev–Trinajstić information content (AvgIpc) is 2.90. The molecule has 0 bridgehead atoms. The van der Waals surface area contributed by atoms with Crippen LogP contribution in [-0.2, 0) is 4.74 Å². The Bertz CT molecular complexity index is 642. The Kier molecular flexibility index (Phi) is 3.21. The van der Waals surface area contributed by atoms with Crippen molar-refractivity contribution in [2.45, 2.75) is 38.4 Å². The Labute approximate surface area is 115 Å². The molecule has 0 amide bonds. The van der Waals surface area contributed by atoms with Gasteiger partial charge in [0.1, 0.15) is 30.3 Å². The van der Waals surface area contributed by atoms with E-state index in [2.05, 4.69) is 9.97 Å². The zero-order chi connectivity index (χ0) is 14.4. The van der Waals surface area contributed by atoms with Gasteiger partial charge in [0, 0.05) is 11.1 Å². The second-order valence-electron chi connectivity index (χ2n) is 5.08. The maximum absolute atomic E-state index is 10.1. The van der Waals surface area contributed by atoms with Gasteiger partial charge in [0.15, 0.2) is 6.23 Å². The number of aryl methyl sites for hydroxylation is 2. The molecule has 1 saturated heterocycles. The summed E-state index contributed by atoms with van der Waals surface area (Å²) in [4.78, 5) is 8.37. The summed E-state index contributed by atoms with van der Waals surface area (Å²) in [6.07, 6.45) is -2.35. The molecule has 3 heterocycles. The third kappa shape index (κ3) is 1.82. The Hall–Kier alpha value is -1.54. The molecule has 2 aromatic heterocycles. The summed E-state index contributed by atoms with van der Waals surface area (Å²) in [6.45, 7) is 3.40. The van der Waals surface area contributed by atoms with Crippen molar-refractivity contribution in [3.63, 3.8) is 0 Å². The van der Waals surface area contributed by atoms with E-state index in [0.717, 1.165) is 16.8 Å². The van der Waals surface area contributed by atoms with Crippen LogP contribution in [0.3, 0.4) is 0 Å². The molecule has 1 aliphatic rings. The number of hydrogen-bond donors (Lipinski definition) is 3. The Morgan fingerprint density at radius 3 is 2.65 bits per heavy atom. The fourth-order valence-electron chi connectivity index (χ4n) is 2.69. The summed E-state index contributed by atoms with van der Waals surface area (Å²) in [7, 11) is 0. The van der Waals surface area contributed by atoms with E-state index in [1.54, 1.807) is 4.57 Å². The monoisotopic (exact) mass is 279 g/mol. The molecule has 4 atom stereocenters. The highest BCUT2D eigenvalue weighted by Crippen LogP contribution is 2.33. The molecule has 0 spiro atoms. The van der Waals surface area contributed by atoms with Gasteiger partial charge in [0.05, 0.1) is 12.3 Å². The molecule has 1 aliphatic heterocycles. The van der Waals surface area contributed by atoms with Gasteiger partial charge in [-0.3, -0.25) is 0 Å². The third-order valence-electron chi connectivity index (χ3n) is 3.80. The number of aliphatic hydroxyl groups is 3. The minimum atomic E-state index is -1.12. The molecule has 0 aromatic carbocycles. The highest BCUT2D eigenvalue weighted by molar-refractivity contribution is 5.79. The maximum atomic E-state index is 10.1. The van der Waals surface area contributed by atoms with Gasteiger partial charge in [-0.05, 0) is 19.9 Å². The van der Waals surface area contributed by atoms with Crippen LogP contribution in [0.5, 0.6) is 0 Å². The van der Waals surface area contributed by atoms with Crippen molar-refractivity contribution in [3.05, 3.63) is 23.8 Å². The Balaban J connectivity index is 2.11. The van der Waals surface area contributed by atoms with Crippen molar-refractivity contribution < 1.29 is 20.1 Å². The van der Waals surface area contributed by atoms with Crippen molar-refractivity contribution in [1.82, 2.24) is 14.5 Å². The number of aliphatic hydroxyl groups excluding tert-OH is 3. The minimum absolute atomic E-state index is 0.346. The van der Waals surface area contributed by atoms with Gasteiger partial charge in [-0.15, -0.1) is 0 Å². The third-order valence-corrected chi connectivity index (χ3v) is 3.80. The first-order chi connectivity index (χ1) is 9.54. The maximum Gasteiger partial charge on any atom is 0.164 e. The van der Waals surface area contributed by atoms with Crippen LogP contribution in [0, 0.1) is 13.8 Å². The topological polar surface area (TPSA) is 101 Å². The van der Waals surface area contributed by atoms with Crippen molar-refractivity contribution in [2.75, 3.05) is 6.61 Å². The second kappa shape index (κ2) is 4.78. The summed E-state index contributed by atoms with van der Waals surface area (Å²) < 4.78 is 7.29. The molecule has 0 unspecified atom stereocenters. The van der Waals surface area contributed by atoms with Crippen molar-refractivity contribution in [3.8, 4) is 0 Å². The minimum Gasteiger partial charge on any atom is -0.394 e. The number of ether oxygens (including phenoxy) is 1. The van der Waals surface area contributed by atoms with Gasteiger partial charge >= 0.3 is 0 Å². The molecule has 3 rings (SSSR count). The summed E-state index contributed by atoms with van der Waals surface area (Å²) in [5, 5.41) is 30.0. The molecule has 7 nitrogen and oxygen atoms in total. The van der Waals surface area contributed by atoms with Crippen LogP contribution in [0.1, 0.15) is 17.6 Å². The molecule has 20 heavy (non-hydrogen) atoms. The quantitative estimate of drug-likeness (QED) is 0.695. The molecular formula is C13H17N3O4. The van der Waals surface area contributed by atoms with Crippen LogP contribution < -0.4 is 0 Å². The Morgan fingerprint density at radius 1 is 1.25 bits per heavy atom. The molecule has 0 aliphatic carbocycles. The van der Waals surface area contributed by atoms with Gasteiger partial charge in [-0.25, -0.2) is 9.97 Å². The SMILES string of the molecule is Cc1ncnc2c1cc(C)n2[C@@H]1O[C@H](CO)[C@@H](O)[C@H]1O. The molecule has 0 radical (unpaired) electrons. The standard InChI is InChI=1S/C13H17N3O4/c1-6-3-8-7(2)14-5-15-12(8)16(6)13-11(19)10(18)9(4-17)20-13/h3,5,9-11,13,17-19H,4H2,1-2H3/t9-,10-,11-,13-/m1/s1. The van der Waals surface area contributed by atoms with Crippen molar-refractivity contribution in [1.29, 1.82) is 0 Å². The normalized spacial score (nSPS) is 30.2. The lowest BCUT2D eigenvalue weighted by Gasteiger charge is -2.19. The van der Waals surface area contributed by atoms with E-state index in [9.17, 15) is 10.2 Å².